The number of anilines is 1. The second-order valence-corrected chi connectivity index (χ2v) is 12.6. The molecule has 2 aliphatic rings. The highest BCUT2D eigenvalue weighted by Crippen LogP contribution is 2.49. The number of carbonyl (C=O) groups excluding carboxylic acids is 2. The highest BCUT2D eigenvalue weighted by atomic mass is 32.2. The summed E-state index contributed by atoms with van der Waals surface area (Å²) in [7, 11) is 3.24. The molecule has 0 aliphatic carbocycles. The molecule has 1 unspecified atom stereocenters. The number of hydrogen-bond donors (Lipinski definition) is 0. The topological polar surface area (TPSA) is 76.9 Å². The third kappa shape index (κ3) is 5.80. The summed E-state index contributed by atoms with van der Waals surface area (Å²) in [6, 6.07) is 24.0. The molecule has 3 heterocycles. The van der Waals surface area contributed by atoms with Crippen LogP contribution in [0.2, 0.25) is 0 Å². The molecular formula is C35H38N4O4S. The Hall–Kier alpha value is -4.24. The van der Waals surface area contributed by atoms with Crippen molar-refractivity contribution >= 4 is 29.4 Å². The molecule has 2 aliphatic heterocycles. The second kappa shape index (κ2) is 12.8. The molecule has 228 valence electrons. The van der Waals surface area contributed by atoms with Crippen LogP contribution in [-0.2, 0) is 9.59 Å². The van der Waals surface area contributed by atoms with Crippen LogP contribution in [0, 0.1) is 12.8 Å². The van der Waals surface area contributed by atoms with Gasteiger partial charge in [0, 0.05) is 24.2 Å². The average molecular weight is 611 g/mol. The minimum atomic E-state index is -0.265. The fourth-order valence-electron chi connectivity index (χ4n) is 6.04. The number of methoxy groups -OCH3 is 2. The van der Waals surface area contributed by atoms with Gasteiger partial charge in [-0.15, -0.1) is 11.8 Å². The molecule has 0 bridgehead atoms. The van der Waals surface area contributed by atoms with Crippen molar-refractivity contribution in [1.82, 2.24) is 14.7 Å². The molecule has 6 rings (SSSR count). The number of aromatic nitrogens is 2. The van der Waals surface area contributed by atoms with Crippen molar-refractivity contribution in [3.8, 4) is 28.4 Å². The number of rotatable bonds is 7. The van der Waals surface area contributed by atoms with E-state index in [-0.39, 0.29) is 29.4 Å². The number of ether oxygens (including phenoxy) is 2. The maximum atomic E-state index is 14.1. The number of benzene rings is 3. The zero-order valence-corrected chi connectivity index (χ0v) is 26.5. The number of piperidine rings is 1. The Morgan fingerprint density at radius 2 is 1.70 bits per heavy atom. The Morgan fingerprint density at radius 3 is 2.41 bits per heavy atom. The summed E-state index contributed by atoms with van der Waals surface area (Å²) in [5.74, 6) is 2.52. The number of fused-ring (bicyclic) bond motifs is 1. The number of carbonyl (C=O) groups is 2. The van der Waals surface area contributed by atoms with Crippen LogP contribution in [0.15, 0.2) is 72.8 Å². The highest BCUT2D eigenvalue weighted by molar-refractivity contribution is 8.00. The summed E-state index contributed by atoms with van der Waals surface area (Å²) in [6.45, 7) is 5.65. The zero-order valence-electron chi connectivity index (χ0n) is 25.7. The number of likely N-dealkylation sites (tertiary alicyclic amines) is 1. The van der Waals surface area contributed by atoms with E-state index < -0.39 is 0 Å². The largest absolute Gasteiger partial charge is 0.493 e. The summed E-state index contributed by atoms with van der Waals surface area (Å²) < 4.78 is 13.1. The van der Waals surface area contributed by atoms with Crippen molar-refractivity contribution in [2.24, 2.45) is 5.92 Å². The molecule has 0 N–H and O–H groups in total. The summed E-state index contributed by atoms with van der Waals surface area (Å²) in [5.41, 5.74) is 5.46. The fraction of sp³-hybridized carbons (Fsp3) is 0.343. The van der Waals surface area contributed by atoms with E-state index in [1.54, 1.807) is 30.9 Å². The molecule has 1 saturated heterocycles. The molecule has 0 spiro atoms. The monoisotopic (exact) mass is 610 g/mol. The first-order valence-electron chi connectivity index (χ1n) is 15.0. The van der Waals surface area contributed by atoms with Crippen LogP contribution in [0.5, 0.6) is 11.5 Å². The van der Waals surface area contributed by atoms with Gasteiger partial charge in [-0.3, -0.25) is 14.5 Å². The lowest BCUT2D eigenvalue weighted by Crippen LogP contribution is -2.46. The van der Waals surface area contributed by atoms with E-state index in [0.29, 0.717) is 36.3 Å². The SMILES string of the molecule is COc1ccc(C2SCC(=O)N(CC(=O)N3CCC(C)CC3)c3c2c(-c2ccccc2)nn3-c2cccc(C)c2)cc1OC. The zero-order chi connectivity index (χ0) is 30.8. The minimum Gasteiger partial charge on any atom is -0.493 e. The highest BCUT2D eigenvalue weighted by Gasteiger charge is 2.38. The molecule has 8 nitrogen and oxygen atoms in total. The quantitative estimate of drug-likeness (QED) is 0.245. The third-order valence-electron chi connectivity index (χ3n) is 8.52. The number of aryl methyl sites for hydroxylation is 1. The molecular weight excluding hydrogens is 572 g/mol. The van der Waals surface area contributed by atoms with Gasteiger partial charge in [0.15, 0.2) is 11.5 Å². The van der Waals surface area contributed by atoms with Crippen molar-refractivity contribution in [3.63, 3.8) is 0 Å². The molecule has 1 atom stereocenters. The standard InChI is InChI=1S/C35H38N4O4S/c1-23-15-17-37(18-16-23)30(40)21-38-31(41)22-44-34(26-13-14-28(42-3)29(20-26)43-4)32-33(25-10-6-5-7-11-25)36-39(35(32)38)27-12-8-9-24(2)19-27/h5-14,19-20,23,34H,15-18,21-22H2,1-4H3. The first-order valence-corrected chi connectivity index (χ1v) is 16.1. The summed E-state index contributed by atoms with van der Waals surface area (Å²) in [6.07, 6.45) is 1.95. The van der Waals surface area contributed by atoms with E-state index in [4.69, 9.17) is 14.6 Å². The third-order valence-corrected chi connectivity index (χ3v) is 9.78. The van der Waals surface area contributed by atoms with Gasteiger partial charge in [0.05, 0.1) is 36.6 Å². The van der Waals surface area contributed by atoms with Crippen LogP contribution in [0.1, 0.15) is 41.7 Å². The second-order valence-electron chi connectivity index (χ2n) is 11.6. The molecule has 9 heteroatoms. The van der Waals surface area contributed by atoms with Crippen LogP contribution in [0.3, 0.4) is 0 Å². The Balaban J connectivity index is 1.57. The normalized spacial score (nSPS) is 17.3. The van der Waals surface area contributed by atoms with Gasteiger partial charge in [-0.2, -0.15) is 5.10 Å². The first-order chi connectivity index (χ1) is 21.4. The lowest BCUT2D eigenvalue weighted by molar-refractivity contribution is -0.132. The minimum absolute atomic E-state index is 0.0365. The molecule has 2 amide bonds. The van der Waals surface area contributed by atoms with Gasteiger partial charge < -0.3 is 14.4 Å². The smallest absolute Gasteiger partial charge is 0.242 e. The van der Waals surface area contributed by atoms with Gasteiger partial charge in [-0.05, 0) is 61.1 Å². The number of hydrogen-bond acceptors (Lipinski definition) is 6. The average Bonchev–Trinajstić information content (AvgIpc) is 3.37. The molecule has 3 aromatic carbocycles. The molecule has 44 heavy (non-hydrogen) atoms. The van der Waals surface area contributed by atoms with Crippen molar-refractivity contribution in [3.05, 3.63) is 89.5 Å². The van der Waals surface area contributed by atoms with E-state index in [1.807, 2.05) is 83.2 Å². The maximum Gasteiger partial charge on any atom is 0.242 e. The summed E-state index contributed by atoms with van der Waals surface area (Å²) in [4.78, 5) is 31.5. The van der Waals surface area contributed by atoms with Gasteiger partial charge in [-0.25, -0.2) is 4.68 Å². The van der Waals surface area contributed by atoms with Gasteiger partial charge in [-0.1, -0.05) is 55.5 Å². The van der Waals surface area contributed by atoms with Crippen molar-refractivity contribution in [1.29, 1.82) is 0 Å². The van der Waals surface area contributed by atoms with Crippen LogP contribution in [0.25, 0.3) is 16.9 Å². The lowest BCUT2D eigenvalue weighted by Gasteiger charge is -2.32. The van der Waals surface area contributed by atoms with E-state index in [9.17, 15) is 9.59 Å². The van der Waals surface area contributed by atoms with Crippen LogP contribution in [0.4, 0.5) is 5.82 Å². The molecule has 0 saturated carbocycles. The van der Waals surface area contributed by atoms with Crippen molar-refractivity contribution < 1.29 is 19.1 Å². The van der Waals surface area contributed by atoms with Crippen LogP contribution < -0.4 is 14.4 Å². The van der Waals surface area contributed by atoms with E-state index in [2.05, 4.69) is 13.0 Å². The van der Waals surface area contributed by atoms with Crippen LogP contribution >= 0.6 is 11.8 Å². The number of nitrogens with zero attached hydrogens (tertiary/aromatic N) is 4. The van der Waals surface area contributed by atoms with Gasteiger partial charge >= 0.3 is 0 Å². The number of amides is 2. The van der Waals surface area contributed by atoms with Crippen molar-refractivity contribution in [2.75, 3.05) is 44.5 Å². The maximum absolute atomic E-state index is 14.1. The Morgan fingerprint density at radius 1 is 0.955 bits per heavy atom. The molecule has 1 fully saturated rings. The van der Waals surface area contributed by atoms with Crippen LogP contribution in [-0.4, -0.2) is 66.1 Å². The predicted octanol–water partition coefficient (Wildman–Crippen LogP) is 6.29. The van der Waals surface area contributed by atoms with Gasteiger partial charge in [0.25, 0.3) is 0 Å². The predicted molar refractivity (Wildman–Crippen MR) is 175 cm³/mol. The Labute approximate surface area is 263 Å². The van der Waals surface area contributed by atoms with E-state index in [0.717, 1.165) is 46.5 Å². The lowest BCUT2D eigenvalue weighted by atomic mass is 9.98. The van der Waals surface area contributed by atoms with E-state index >= 15 is 0 Å². The van der Waals surface area contributed by atoms with Gasteiger partial charge in [0.2, 0.25) is 11.8 Å². The fourth-order valence-corrected chi connectivity index (χ4v) is 7.23. The molecule has 0 radical (unpaired) electrons. The summed E-state index contributed by atoms with van der Waals surface area (Å²) in [5, 5.41) is 4.94. The number of thioether (sulfide) groups is 1. The first kappa shape index (κ1) is 29.8. The van der Waals surface area contributed by atoms with E-state index in [1.165, 1.54) is 0 Å². The molecule has 1 aromatic heterocycles. The van der Waals surface area contributed by atoms with Crippen molar-refractivity contribution in [2.45, 2.75) is 31.9 Å². The van der Waals surface area contributed by atoms with Gasteiger partial charge in [0.1, 0.15) is 12.4 Å². The Kier molecular flexibility index (Phi) is 8.66. The summed E-state index contributed by atoms with van der Waals surface area (Å²) >= 11 is 1.54. The Bertz CT molecular complexity index is 1660. The molecule has 4 aromatic rings.